The molecule has 150 valence electrons. The van der Waals surface area contributed by atoms with E-state index in [1.165, 1.54) is 22.2 Å². The van der Waals surface area contributed by atoms with Gasteiger partial charge in [0.25, 0.3) is 5.56 Å². The van der Waals surface area contributed by atoms with Crippen molar-refractivity contribution >= 4 is 16.8 Å². The third-order valence-electron chi connectivity index (χ3n) is 5.51. The second kappa shape index (κ2) is 7.59. The number of hydrogen-bond donors (Lipinski definition) is 1. The molecule has 1 aliphatic carbocycles. The van der Waals surface area contributed by atoms with Crippen molar-refractivity contribution in [1.82, 2.24) is 24.6 Å². The summed E-state index contributed by atoms with van der Waals surface area (Å²) in [7, 11) is 0. The van der Waals surface area contributed by atoms with Crippen LogP contribution in [0.15, 0.2) is 65.7 Å². The first kappa shape index (κ1) is 18.3. The van der Waals surface area contributed by atoms with Gasteiger partial charge in [-0.15, -0.1) is 0 Å². The summed E-state index contributed by atoms with van der Waals surface area (Å²) < 4.78 is 3.33. The lowest BCUT2D eigenvalue weighted by atomic mass is 10.2. The summed E-state index contributed by atoms with van der Waals surface area (Å²) in [6, 6.07) is 17.2. The maximum atomic E-state index is 12.6. The molecule has 0 bridgehead atoms. The van der Waals surface area contributed by atoms with Crippen LogP contribution in [0.5, 0.6) is 0 Å². The predicted molar refractivity (Wildman–Crippen MR) is 113 cm³/mol. The first-order valence-electron chi connectivity index (χ1n) is 10.1. The number of nitrogens with zero attached hydrogens (tertiary/aromatic N) is 4. The molecule has 0 unspecified atom stereocenters. The van der Waals surface area contributed by atoms with Crippen LogP contribution in [-0.2, 0) is 30.7 Å². The van der Waals surface area contributed by atoms with Crippen LogP contribution in [0, 0.1) is 0 Å². The number of amides is 1. The highest BCUT2D eigenvalue weighted by molar-refractivity contribution is 5.78. The quantitative estimate of drug-likeness (QED) is 0.559. The highest BCUT2D eigenvalue weighted by atomic mass is 16.2. The Hall–Kier alpha value is -3.74. The predicted octanol–water partition coefficient (Wildman–Crippen LogP) is 2.39. The first-order valence-corrected chi connectivity index (χ1v) is 10.1. The highest BCUT2D eigenvalue weighted by Crippen LogP contribution is 2.27. The van der Waals surface area contributed by atoms with Crippen molar-refractivity contribution in [1.29, 1.82) is 0 Å². The smallest absolute Gasteiger partial charge is 0.261 e. The minimum Gasteiger partial charge on any atom is -0.349 e. The Morgan fingerprint density at radius 2 is 1.83 bits per heavy atom. The number of aromatic nitrogens is 4. The summed E-state index contributed by atoms with van der Waals surface area (Å²) in [5, 5.41) is 8.18. The minimum absolute atomic E-state index is 0.0712. The largest absolute Gasteiger partial charge is 0.349 e. The molecule has 0 saturated carbocycles. The minimum atomic E-state index is -0.241. The maximum absolute atomic E-state index is 12.6. The van der Waals surface area contributed by atoms with Crippen molar-refractivity contribution in [3.63, 3.8) is 0 Å². The van der Waals surface area contributed by atoms with Crippen molar-refractivity contribution < 1.29 is 4.79 Å². The number of carbonyl (C=O) groups excluding carboxylic acids is 1. The molecule has 30 heavy (non-hydrogen) atoms. The summed E-state index contributed by atoms with van der Waals surface area (Å²) in [6.07, 6.45) is 4.48. The van der Waals surface area contributed by atoms with Crippen LogP contribution >= 0.6 is 0 Å². The molecule has 7 nitrogen and oxygen atoms in total. The maximum Gasteiger partial charge on any atom is 0.261 e. The summed E-state index contributed by atoms with van der Waals surface area (Å²) in [4.78, 5) is 29.4. The van der Waals surface area contributed by atoms with Crippen molar-refractivity contribution in [2.45, 2.75) is 32.4 Å². The summed E-state index contributed by atoms with van der Waals surface area (Å²) in [5.41, 5.74) is 4.78. The average Bonchev–Trinajstić information content (AvgIpc) is 3.38. The third-order valence-corrected chi connectivity index (χ3v) is 5.51. The van der Waals surface area contributed by atoms with Crippen LogP contribution < -0.4 is 10.9 Å². The molecule has 4 aromatic rings. The van der Waals surface area contributed by atoms with E-state index in [4.69, 9.17) is 5.10 Å². The lowest BCUT2D eigenvalue weighted by Crippen LogP contribution is -2.32. The van der Waals surface area contributed by atoms with Gasteiger partial charge in [-0.2, -0.15) is 5.10 Å². The van der Waals surface area contributed by atoms with Gasteiger partial charge in [-0.3, -0.25) is 14.2 Å². The SMILES string of the molecule is O=C(Cn1cnc2ccccc2c1=O)NCc1nn(-c2ccccc2)c2c1CCC2. The molecule has 0 saturated heterocycles. The van der Waals surface area contributed by atoms with E-state index in [0.29, 0.717) is 17.4 Å². The molecule has 1 amide bonds. The normalized spacial score (nSPS) is 12.8. The Labute approximate surface area is 173 Å². The molecule has 0 atom stereocenters. The zero-order valence-corrected chi connectivity index (χ0v) is 16.4. The van der Waals surface area contributed by atoms with Gasteiger partial charge in [0, 0.05) is 5.69 Å². The fourth-order valence-corrected chi connectivity index (χ4v) is 4.05. The lowest BCUT2D eigenvalue weighted by molar-refractivity contribution is -0.121. The van der Waals surface area contributed by atoms with Gasteiger partial charge in [0.1, 0.15) is 6.54 Å². The Kier molecular flexibility index (Phi) is 4.63. The topological polar surface area (TPSA) is 81.8 Å². The molecular formula is C23H21N5O2. The van der Waals surface area contributed by atoms with E-state index in [0.717, 1.165) is 30.6 Å². The van der Waals surface area contributed by atoms with E-state index in [1.54, 1.807) is 18.2 Å². The van der Waals surface area contributed by atoms with Gasteiger partial charge >= 0.3 is 0 Å². The molecule has 0 spiro atoms. The summed E-state index contributed by atoms with van der Waals surface area (Å²) in [6.45, 7) is 0.273. The molecule has 7 heteroatoms. The fraction of sp³-hybridized carbons (Fsp3) is 0.217. The number of nitrogens with one attached hydrogen (secondary N) is 1. The number of rotatable bonds is 5. The molecular weight excluding hydrogens is 378 g/mol. The number of para-hydroxylation sites is 2. The molecule has 0 radical (unpaired) electrons. The van der Waals surface area contributed by atoms with Crippen LogP contribution in [-0.4, -0.2) is 25.2 Å². The zero-order chi connectivity index (χ0) is 20.5. The second-order valence-electron chi connectivity index (χ2n) is 7.44. The van der Waals surface area contributed by atoms with Crippen LogP contribution in [0.4, 0.5) is 0 Å². The molecule has 0 fully saturated rings. The van der Waals surface area contributed by atoms with Crippen molar-refractivity contribution in [3.05, 3.63) is 88.2 Å². The number of benzene rings is 2. The third kappa shape index (κ3) is 3.28. The van der Waals surface area contributed by atoms with Gasteiger partial charge in [0.2, 0.25) is 5.91 Å². The second-order valence-corrected chi connectivity index (χ2v) is 7.44. The fourth-order valence-electron chi connectivity index (χ4n) is 4.05. The van der Waals surface area contributed by atoms with Gasteiger partial charge in [0.15, 0.2) is 0 Å². The molecule has 0 aliphatic heterocycles. The Morgan fingerprint density at radius 3 is 2.70 bits per heavy atom. The van der Waals surface area contributed by atoms with Gasteiger partial charge in [0.05, 0.1) is 35.2 Å². The monoisotopic (exact) mass is 399 g/mol. The molecule has 1 N–H and O–H groups in total. The molecule has 2 aromatic carbocycles. The van der Waals surface area contributed by atoms with Gasteiger partial charge in [-0.05, 0) is 49.1 Å². The van der Waals surface area contributed by atoms with Crippen LogP contribution in [0.3, 0.4) is 0 Å². The van der Waals surface area contributed by atoms with Crippen molar-refractivity contribution in [2.75, 3.05) is 0 Å². The zero-order valence-electron chi connectivity index (χ0n) is 16.4. The van der Waals surface area contributed by atoms with E-state index in [2.05, 4.69) is 10.3 Å². The van der Waals surface area contributed by atoms with Gasteiger partial charge in [-0.1, -0.05) is 30.3 Å². The molecule has 1 aliphatic rings. The number of hydrogen-bond acceptors (Lipinski definition) is 4. The Bertz CT molecular complexity index is 1290. The molecule has 2 heterocycles. The van der Waals surface area contributed by atoms with Crippen LogP contribution in [0.2, 0.25) is 0 Å². The van der Waals surface area contributed by atoms with Gasteiger partial charge in [-0.25, -0.2) is 9.67 Å². The number of carbonyl (C=O) groups is 1. The standard InChI is InChI=1S/C23H21N5O2/c29-22(14-27-15-25-19-11-5-4-9-18(19)23(27)30)24-13-20-17-10-6-12-21(17)28(26-20)16-7-2-1-3-8-16/h1-5,7-9,11,15H,6,10,12-14H2,(H,24,29). The van der Waals surface area contributed by atoms with E-state index in [-0.39, 0.29) is 18.0 Å². The lowest BCUT2D eigenvalue weighted by Gasteiger charge is -2.08. The number of fused-ring (bicyclic) bond motifs is 2. The van der Waals surface area contributed by atoms with E-state index >= 15 is 0 Å². The summed E-state index contributed by atoms with van der Waals surface area (Å²) >= 11 is 0. The summed E-state index contributed by atoms with van der Waals surface area (Å²) in [5.74, 6) is -0.241. The van der Waals surface area contributed by atoms with Crippen molar-refractivity contribution in [3.8, 4) is 5.69 Å². The molecule has 5 rings (SSSR count). The van der Waals surface area contributed by atoms with Crippen LogP contribution in [0.1, 0.15) is 23.4 Å². The van der Waals surface area contributed by atoms with E-state index < -0.39 is 0 Å². The Balaban J connectivity index is 1.33. The van der Waals surface area contributed by atoms with E-state index in [1.807, 2.05) is 41.1 Å². The average molecular weight is 399 g/mol. The highest BCUT2D eigenvalue weighted by Gasteiger charge is 2.23. The van der Waals surface area contributed by atoms with Gasteiger partial charge < -0.3 is 5.32 Å². The first-order chi connectivity index (χ1) is 14.7. The Morgan fingerprint density at radius 1 is 1.03 bits per heavy atom. The molecule has 2 aromatic heterocycles. The van der Waals surface area contributed by atoms with Crippen LogP contribution in [0.25, 0.3) is 16.6 Å². The van der Waals surface area contributed by atoms with E-state index in [9.17, 15) is 9.59 Å². The van der Waals surface area contributed by atoms with Crippen molar-refractivity contribution in [2.24, 2.45) is 0 Å².